The van der Waals surface area contributed by atoms with Crippen molar-refractivity contribution < 1.29 is 9.59 Å². The van der Waals surface area contributed by atoms with Gasteiger partial charge in [0, 0.05) is 36.0 Å². The highest BCUT2D eigenvalue weighted by Gasteiger charge is 2.56. The molecule has 0 aromatic carbocycles. The number of hydrogen-bond donors (Lipinski definition) is 0. The maximum atomic E-state index is 12.7. The van der Waals surface area contributed by atoms with Crippen molar-refractivity contribution in [2.24, 2.45) is 28.6 Å². The van der Waals surface area contributed by atoms with Crippen molar-refractivity contribution in [2.75, 3.05) is 0 Å². The Morgan fingerprint density at radius 1 is 1.29 bits per heavy atom. The lowest BCUT2D eigenvalue weighted by atomic mass is 9.46. The fourth-order valence-corrected chi connectivity index (χ4v) is 6.72. The second kappa shape index (κ2) is 7.13. The average Bonchev–Trinajstić information content (AvgIpc) is 2.96. The third-order valence-electron chi connectivity index (χ3n) is 7.06. The number of fused-ring (bicyclic) bond motifs is 2. The van der Waals surface area contributed by atoms with E-state index < -0.39 is 0 Å². The lowest BCUT2D eigenvalue weighted by Gasteiger charge is -2.57. The minimum atomic E-state index is -0.190. The molecule has 3 aliphatic carbocycles. The van der Waals surface area contributed by atoms with Gasteiger partial charge in [-0.25, -0.2) is 0 Å². The normalized spacial score (nSPS) is 37.6. The lowest BCUT2D eigenvalue weighted by molar-refractivity contribution is -0.117. The van der Waals surface area contributed by atoms with Crippen LogP contribution < -0.4 is 0 Å². The Morgan fingerprint density at radius 2 is 1.96 bits per heavy atom. The zero-order valence-corrected chi connectivity index (χ0v) is 18.3. The minimum Gasteiger partial charge on any atom is -0.295 e. The Hall–Kier alpha value is -1.96. The first-order chi connectivity index (χ1) is 13.0. The van der Waals surface area contributed by atoms with Gasteiger partial charge in [0.15, 0.2) is 11.6 Å². The summed E-state index contributed by atoms with van der Waals surface area (Å²) in [5.41, 5.74) is 4.54. The maximum Gasteiger partial charge on any atom is 0.158 e. The molecule has 0 fully saturated rings. The Bertz CT molecular complexity index is 850. The highest BCUT2D eigenvalue weighted by Crippen LogP contribution is 2.63. The molecule has 0 heterocycles. The van der Waals surface area contributed by atoms with Crippen molar-refractivity contribution in [1.29, 1.82) is 0 Å². The van der Waals surface area contributed by atoms with Gasteiger partial charge < -0.3 is 0 Å². The summed E-state index contributed by atoms with van der Waals surface area (Å²) in [6.07, 6.45) is 12.8. The maximum absolute atomic E-state index is 12.7. The van der Waals surface area contributed by atoms with Crippen LogP contribution in [0.2, 0.25) is 0 Å². The molecule has 0 aromatic rings. The van der Waals surface area contributed by atoms with Gasteiger partial charge in [0.25, 0.3) is 0 Å². The molecule has 0 saturated carbocycles. The molecular formula is C26H34O2. The molecule has 28 heavy (non-hydrogen) atoms. The molecule has 5 atom stereocenters. The van der Waals surface area contributed by atoms with E-state index in [9.17, 15) is 9.59 Å². The van der Waals surface area contributed by atoms with Crippen molar-refractivity contribution in [2.45, 2.75) is 60.8 Å². The smallest absolute Gasteiger partial charge is 0.158 e. The second-order valence-electron chi connectivity index (χ2n) is 9.70. The van der Waals surface area contributed by atoms with E-state index in [0.29, 0.717) is 12.8 Å². The third-order valence-corrected chi connectivity index (χ3v) is 7.06. The quantitative estimate of drug-likeness (QED) is 0.423. The molecule has 0 N–H and O–H groups in total. The Kier molecular flexibility index (Phi) is 5.29. The van der Waals surface area contributed by atoms with E-state index in [1.165, 1.54) is 16.7 Å². The van der Waals surface area contributed by atoms with Crippen molar-refractivity contribution in [3.05, 3.63) is 59.3 Å². The highest BCUT2D eigenvalue weighted by molar-refractivity contribution is 5.95. The van der Waals surface area contributed by atoms with Crippen molar-refractivity contribution in [1.82, 2.24) is 0 Å². The fourth-order valence-electron chi connectivity index (χ4n) is 6.72. The predicted molar refractivity (Wildman–Crippen MR) is 116 cm³/mol. The molecule has 0 aliphatic heterocycles. The number of Topliss-reactive ketones (excluding diaryl/α,β-unsaturated/α-hetero) is 1. The van der Waals surface area contributed by atoms with E-state index in [2.05, 4.69) is 59.4 Å². The van der Waals surface area contributed by atoms with Gasteiger partial charge in [-0.3, -0.25) is 9.59 Å². The van der Waals surface area contributed by atoms with Crippen LogP contribution >= 0.6 is 0 Å². The van der Waals surface area contributed by atoms with E-state index in [1.807, 2.05) is 13.0 Å². The molecule has 0 spiro atoms. The van der Waals surface area contributed by atoms with Gasteiger partial charge >= 0.3 is 0 Å². The highest BCUT2D eigenvalue weighted by atomic mass is 16.1. The fraction of sp³-hybridized carbons (Fsp3) is 0.538. The summed E-state index contributed by atoms with van der Waals surface area (Å²) in [6.45, 7) is 17.4. The van der Waals surface area contributed by atoms with Gasteiger partial charge in [0.1, 0.15) is 0 Å². The monoisotopic (exact) mass is 378 g/mol. The third kappa shape index (κ3) is 3.32. The number of carbonyl (C=O) groups excluding carboxylic acids is 2. The number of rotatable bonds is 5. The number of hydrogen-bond acceptors (Lipinski definition) is 2. The molecule has 0 aromatic heterocycles. The van der Waals surface area contributed by atoms with E-state index in [4.69, 9.17) is 0 Å². The van der Waals surface area contributed by atoms with Gasteiger partial charge in [-0.15, -0.1) is 0 Å². The molecule has 0 radical (unpaired) electrons. The van der Waals surface area contributed by atoms with Crippen LogP contribution in [0.4, 0.5) is 0 Å². The van der Waals surface area contributed by atoms with Crippen LogP contribution in [0.3, 0.4) is 0 Å². The first-order valence-electron chi connectivity index (χ1n) is 10.5. The van der Waals surface area contributed by atoms with Crippen LogP contribution in [0.15, 0.2) is 59.3 Å². The van der Waals surface area contributed by atoms with Crippen molar-refractivity contribution in [3.63, 3.8) is 0 Å². The number of ketones is 2. The summed E-state index contributed by atoms with van der Waals surface area (Å²) in [5.74, 6) is 0.870. The average molecular weight is 379 g/mol. The molecule has 0 amide bonds. The summed E-state index contributed by atoms with van der Waals surface area (Å²) in [4.78, 5) is 24.3. The summed E-state index contributed by atoms with van der Waals surface area (Å²) < 4.78 is 0. The Labute approximate surface area is 170 Å². The molecular weight excluding hydrogens is 344 g/mol. The zero-order chi connectivity index (χ0) is 20.9. The van der Waals surface area contributed by atoms with Crippen molar-refractivity contribution >= 4 is 11.6 Å². The molecule has 2 heteroatoms. The van der Waals surface area contributed by atoms with Gasteiger partial charge in [-0.2, -0.15) is 0 Å². The largest absolute Gasteiger partial charge is 0.295 e. The van der Waals surface area contributed by atoms with Crippen LogP contribution in [-0.4, -0.2) is 11.6 Å². The summed E-state index contributed by atoms with van der Waals surface area (Å²) in [5, 5.41) is 0. The van der Waals surface area contributed by atoms with Gasteiger partial charge in [-0.05, 0) is 44.3 Å². The molecule has 2 nitrogen and oxygen atoms in total. The summed E-state index contributed by atoms with van der Waals surface area (Å²) in [6, 6.07) is 0. The van der Waals surface area contributed by atoms with Crippen LogP contribution in [0.5, 0.6) is 0 Å². The van der Waals surface area contributed by atoms with Crippen LogP contribution in [-0.2, 0) is 9.59 Å². The van der Waals surface area contributed by atoms with Gasteiger partial charge in [-0.1, -0.05) is 68.4 Å². The Balaban J connectivity index is 2.12. The standard InChI is InChI=1S/C26H34O2/c1-8-22(28)19(5)24-25(6)13-16(2)14-26(24,7)23(18(4)15-25)17(3)11-20-9-10-21(27)12-20/h9-11,14-15,20,23-24H,5,8,12-13H2,1-4,6-7H3/b17-11-/t20-,23-,24+,25-,26?/m0/s1. The van der Waals surface area contributed by atoms with Crippen molar-refractivity contribution in [3.8, 4) is 0 Å². The van der Waals surface area contributed by atoms with Gasteiger partial charge in [0.2, 0.25) is 0 Å². The summed E-state index contributed by atoms with van der Waals surface area (Å²) >= 11 is 0. The van der Waals surface area contributed by atoms with Gasteiger partial charge in [0.05, 0.1) is 0 Å². The lowest BCUT2D eigenvalue weighted by Crippen LogP contribution is -2.51. The van der Waals surface area contributed by atoms with E-state index >= 15 is 0 Å². The molecule has 1 unspecified atom stereocenters. The molecule has 2 bridgehead atoms. The zero-order valence-electron chi connectivity index (χ0n) is 18.3. The van der Waals surface area contributed by atoms with Crippen LogP contribution in [0.1, 0.15) is 60.8 Å². The topological polar surface area (TPSA) is 34.1 Å². The first kappa shape index (κ1) is 20.8. The molecule has 3 aliphatic rings. The number of allylic oxidation sites excluding steroid dienone is 9. The SMILES string of the molecule is C=C(C(=O)CC)[C@H]1C2(C)C=C(C)C[C@@]1(C)C=C(C)[C@@H]2/C(C)=C\[C@@H]1C=CC(=O)C1. The number of carbonyl (C=O) groups is 2. The van der Waals surface area contributed by atoms with Crippen LogP contribution in [0, 0.1) is 28.6 Å². The molecule has 150 valence electrons. The first-order valence-corrected chi connectivity index (χ1v) is 10.5. The van der Waals surface area contributed by atoms with E-state index in [-0.39, 0.29) is 40.2 Å². The minimum absolute atomic E-state index is 0.0837. The molecule has 0 saturated heterocycles. The van der Waals surface area contributed by atoms with E-state index in [0.717, 1.165) is 12.0 Å². The van der Waals surface area contributed by atoms with Crippen LogP contribution in [0.25, 0.3) is 0 Å². The van der Waals surface area contributed by atoms with E-state index in [1.54, 1.807) is 6.08 Å². The Morgan fingerprint density at radius 3 is 2.54 bits per heavy atom. The predicted octanol–water partition coefficient (Wildman–Crippen LogP) is 6.17. The molecule has 3 rings (SSSR count). The summed E-state index contributed by atoms with van der Waals surface area (Å²) in [7, 11) is 0. The second-order valence-corrected chi connectivity index (χ2v) is 9.70.